The van der Waals surface area contributed by atoms with Gasteiger partial charge in [0.25, 0.3) is 0 Å². The van der Waals surface area contributed by atoms with Gasteiger partial charge in [-0.1, -0.05) is 44.9 Å². The maximum Gasteiger partial charge on any atom is 0.302 e. The molecule has 3 saturated carbocycles. The van der Waals surface area contributed by atoms with Crippen LogP contribution in [0.1, 0.15) is 92.9 Å². The predicted octanol–water partition coefficient (Wildman–Crippen LogP) is 5.78. The van der Waals surface area contributed by atoms with Crippen molar-refractivity contribution >= 4 is 17.7 Å². The molecule has 1 amide bonds. The Labute approximate surface area is 216 Å². The minimum atomic E-state index is -0.164. The molecule has 9 atom stereocenters. The topological polar surface area (TPSA) is 72.5 Å². The largest absolute Gasteiger partial charge is 0.462 e. The summed E-state index contributed by atoms with van der Waals surface area (Å²) in [6, 6.07) is 0. The van der Waals surface area contributed by atoms with E-state index in [0.717, 1.165) is 44.1 Å². The molecule has 0 bridgehead atoms. The second-order valence-corrected chi connectivity index (χ2v) is 13.4. The number of hydrogen-bond donors (Lipinski definition) is 1. The zero-order valence-corrected chi connectivity index (χ0v) is 23.1. The lowest BCUT2D eigenvalue weighted by Gasteiger charge is -2.58. The molecule has 5 nitrogen and oxygen atoms in total. The summed E-state index contributed by atoms with van der Waals surface area (Å²) in [4.78, 5) is 36.4. The fourth-order valence-corrected chi connectivity index (χ4v) is 9.58. The first-order chi connectivity index (χ1) is 17.0. The smallest absolute Gasteiger partial charge is 0.302 e. The van der Waals surface area contributed by atoms with Gasteiger partial charge in [-0.3, -0.25) is 14.4 Å². The van der Waals surface area contributed by atoms with Crippen molar-refractivity contribution in [3.63, 3.8) is 0 Å². The van der Waals surface area contributed by atoms with Crippen LogP contribution in [0.15, 0.2) is 22.8 Å². The average molecular weight is 496 g/mol. The zero-order chi connectivity index (χ0) is 26.0. The Morgan fingerprint density at radius 1 is 1.14 bits per heavy atom. The molecule has 0 spiro atoms. The summed E-state index contributed by atoms with van der Waals surface area (Å²) >= 11 is 0. The first-order valence-corrected chi connectivity index (χ1v) is 14.3. The van der Waals surface area contributed by atoms with E-state index in [1.807, 2.05) is 0 Å². The number of ether oxygens (including phenoxy) is 1. The van der Waals surface area contributed by atoms with E-state index in [1.165, 1.54) is 30.9 Å². The molecule has 5 heteroatoms. The number of esters is 1. The molecule has 1 N–H and O–H groups in total. The molecule has 0 aromatic rings. The van der Waals surface area contributed by atoms with Gasteiger partial charge in [-0.2, -0.15) is 0 Å². The van der Waals surface area contributed by atoms with Crippen LogP contribution < -0.4 is 5.32 Å². The first-order valence-electron chi connectivity index (χ1n) is 14.3. The van der Waals surface area contributed by atoms with E-state index in [4.69, 9.17) is 4.74 Å². The molecule has 198 valence electrons. The van der Waals surface area contributed by atoms with Crippen LogP contribution in [-0.4, -0.2) is 30.3 Å². The minimum Gasteiger partial charge on any atom is -0.462 e. The third-order valence-corrected chi connectivity index (χ3v) is 11.2. The monoisotopic (exact) mass is 495 g/mol. The number of hydrogen-bond acceptors (Lipinski definition) is 4. The molecule has 0 aromatic heterocycles. The van der Waals surface area contributed by atoms with Crippen LogP contribution in [0.25, 0.3) is 0 Å². The molecular weight excluding hydrogens is 450 g/mol. The maximum atomic E-state index is 13.4. The minimum absolute atomic E-state index is 0.00552. The highest BCUT2D eigenvalue weighted by molar-refractivity contribution is 6.01. The van der Waals surface area contributed by atoms with Crippen LogP contribution >= 0.6 is 0 Å². The van der Waals surface area contributed by atoms with Crippen LogP contribution in [-0.2, 0) is 19.1 Å². The third-order valence-electron chi connectivity index (χ3n) is 11.2. The Kier molecular flexibility index (Phi) is 6.53. The summed E-state index contributed by atoms with van der Waals surface area (Å²) in [5.41, 5.74) is 4.50. The third kappa shape index (κ3) is 4.00. The lowest BCUT2D eigenvalue weighted by molar-refractivity contribution is -0.148. The number of carbonyl (C=O) groups is 3. The molecule has 0 saturated heterocycles. The van der Waals surface area contributed by atoms with E-state index in [1.54, 1.807) is 6.92 Å². The van der Waals surface area contributed by atoms with Crippen LogP contribution in [0, 0.1) is 46.3 Å². The van der Waals surface area contributed by atoms with Gasteiger partial charge >= 0.3 is 5.97 Å². The SMILES string of the molecule is CC(=O)NC[C@H](C)CC1=C2C[C@@H]3[C@@H]4CC=C5C[C@H](OC(C)=O)CC[C@]5(C)[C@@H]4CC[C@]3(C)[C@@H]2[C@H](C)C1=O. The van der Waals surface area contributed by atoms with E-state index in [-0.39, 0.29) is 40.6 Å². The van der Waals surface area contributed by atoms with Gasteiger partial charge in [-0.25, -0.2) is 0 Å². The first kappa shape index (κ1) is 25.7. The maximum absolute atomic E-state index is 13.4. The fraction of sp³-hybridized carbons (Fsp3) is 0.774. The van der Waals surface area contributed by atoms with Crippen molar-refractivity contribution in [1.82, 2.24) is 5.32 Å². The van der Waals surface area contributed by atoms with Crippen LogP contribution in [0.3, 0.4) is 0 Å². The molecule has 0 heterocycles. The van der Waals surface area contributed by atoms with Crippen LogP contribution in [0.5, 0.6) is 0 Å². The van der Waals surface area contributed by atoms with Gasteiger partial charge in [0.15, 0.2) is 5.78 Å². The number of amides is 1. The summed E-state index contributed by atoms with van der Waals surface area (Å²) in [6.45, 7) is 13.0. The fourth-order valence-electron chi connectivity index (χ4n) is 9.58. The number of carbonyl (C=O) groups excluding carboxylic acids is 3. The van der Waals surface area contributed by atoms with Gasteiger partial charge in [0.1, 0.15) is 6.10 Å². The van der Waals surface area contributed by atoms with Crippen molar-refractivity contribution < 1.29 is 19.1 Å². The standard InChI is InChI=1S/C31H45NO4/c1-17(16-32-19(3)33)13-25-24-15-27-23-8-7-21-14-22(36-20(4)34)9-11-30(21,5)26(23)10-12-31(27,6)28(24)18(2)29(25)35/h7,17-18,22-23,26-28H,8-16H2,1-6H3,(H,32,33)/t17-,18+,22-,23-,26-,27-,28-,30+,31+/m1/s1. The Balaban J connectivity index is 1.40. The number of ketones is 1. The molecule has 0 radical (unpaired) electrons. The molecular formula is C31H45NO4. The Morgan fingerprint density at radius 3 is 2.58 bits per heavy atom. The molecule has 5 aliphatic rings. The predicted molar refractivity (Wildman–Crippen MR) is 140 cm³/mol. The van der Waals surface area contributed by atoms with Gasteiger partial charge < -0.3 is 10.1 Å². The van der Waals surface area contributed by atoms with E-state index in [0.29, 0.717) is 36.0 Å². The molecule has 5 aliphatic carbocycles. The van der Waals surface area contributed by atoms with Crippen molar-refractivity contribution in [1.29, 1.82) is 0 Å². The Morgan fingerprint density at radius 2 is 1.89 bits per heavy atom. The van der Waals surface area contributed by atoms with E-state index in [9.17, 15) is 14.4 Å². The Hall–Kier alpha value is -1.91. The van der Waals surface area contributed by atoms with E-state index in [2.05, 4.69) is 39.1 Å². The summed E-state index contributed by atoms with van der Waals surface area (Å²) in [5.74, 6) is 2.91. The van der Waals surface area contributed by atoms with Crippen molar-refractivity contribution in [2.24, 2.45) is 46.3 Å². The highest BCUT2D eigenvalue weighted by Gasteiger charge is 2.63. The van der Waals surface area contributed by atoms with Crippen molar-refractivity contribution in [3.8, 4) is 0 Å². The summed E-state index contributed by atoms with van der Waals surface area (Å²) in [7, 11) is 0. The van der Waals surface area contributed by atoms with Crippen molar-refractivity contribution in [2.75, 3.05) is 6.54 Å². The van der Waals surface area contributed by atoms with Gasteiger partial charge in [0.05, 0.1) is 0 Å². The second-order valence-electron chi connectivity index (χ2n) is 13.4. The van der Waals surface area contributed by atoms with Crippen LogP contribution in [0.4, 0.5) is 0 Å². The highest BCUT2D eigenvalue weighted by Crippen LogP contribution is 2.70. The molecule has 0 unspecified atom stereocenters. The lowest BCUT2D eigenvalue weighted by Crippen LogP contribution is -2.51. The number of fused-ring (bicyclic) bond motifs is 7. The Bertz CT molecular complexity index is 1030. The molecule has 36 heavy (non-hydrogen) atoms. The number of nitrogens with one attached hydrogen (secondary N) is 1. The van der Waals surface area contributed by atoms with Crippen LogP contribution in [0.2, 0.25) is 0 Å². The van der Waals surface area contributed by atoms with Gasteiger partial charge in [0.2, 0.25) is 5.91 Å². The second kappa shape index (κ2) is 9.13. The number of rotatable bonds is 5. The van der Waals surface area contributed by atoms with Crippen molar-refractivity contribution in [2.45, 2.75) is 99.0 Å². The molecule has 3 fully saturated rings. The molecule has 0 aromatic carbocycles. The summed E-state index contributed by atoms with van der Waals surface area (Å²) in [6.07, 6.45) is 11.0. The molecule has 0 aliphatic heterocycles. The normalized spacial score (nSPS) is 42.1. The summed E-state index contributed by atoms with van der Waals surface area (Å²) < 4.78 is 5.61. The van der Waals surface area contributed by atoms with Gasteiger partial charge in [-0.15, -0.1) is 0 Å². The van der Waals surface area contributed by atoms with Crippen molar-refractivity contribution in [3.05, 3.63) is 22.8 Å². The number of Topliss-reactive ketones (excluding diaryl/α,β-unsaturated/α-hetero) is 1. The highest BCUT2D eigenvalue weighted by atomic mass is 16.5. The number of allylic oxidation sites excluding steroid dienone is 3. The molecule has 5 rings (SSSR count). The van der Waals surface area contributed by atoms with Gasteiger partial charge in [0, 0.05) is 32.7 Å². The summed E-state index contributed by atoms with van der Waals surface area (Å²) in [5, 5.41) is 2.94. The van der Waals surface area contributed by atoms with E-state index >= 15 is 0 Å². The average Bonchev–Trinajstić information content (AvgIpc) is 3.24. The quantitative estimate of drug-likeness (QED) is 0.387. The zero-order valence-electron chi connectivity index (χ0n) is 23.1. The van der Waals surface area contributed by atoms with E-state index < -0.39 is 0 Å². The lowest BCUT2D eigenvalue weighted by atomic mass is 9.47. The van der Waals surface area contributed by atoms with Gasteiger partial charge in [-0.05, 0) is 90.9 Å².